The molecular formula is C13H17ClN3O2S+. The number of halogens is 1. The smallest absolute Gasteiger partial charge is 0.324 e. The van der Waals surface area contributed by atoms with E-state index in [4.69, 9.17) is 11.6 Å². The molecular weight excluding hydrogens is 298 g/mol. The molecule has 1 aliphatic rings. The second-order valence-corrected chi connectivity index (χ2v) is 6.38. The standard InChI is InChI=1S/C13H16ClN3O2S/c1-2-6-16(8-10-3-4-11(14)20-10)9-12(18)17-7-5-15-13(17)19/h2-4H,1,5-9H2,(H,15,19)/p+1. The molecule has 0 spiro atoms. The van der Waals surface area contributed by atoms with Crippen molar-refractivity contribution >= 4 is 34.9 Å². The SMILES string of the molecule is C=CC[NH+](CC(=O)N1CCNC1=O)Cc1ccc(Cl)s1. The molecule has 0 aliphatic carbocycles. The molecule has 20 heavy (non-hydrogen) atoms. The van der Waals surface area contributed by atoms with E-state index in [9.17, 15) is 9.59 Å². The number of carbonyl (C=O) groups is 2. The van der Waals surface area contributed by atoms with Crippen LogP contribution in [0.4, 0.5) is 4.79 Å². The summed E-state index contributed by atoms with van der Waals surface area (Å²) in [6.45, 7) is 6.33. The highest BCUT2D eigenvalue weighted by atomic mass is 35.5. The van der Waals surface area contributed by atoms with Crippen LogP contribution in [-0.4, -0.2) is 43.0 Å². The van der Waals surface area contributed by atoms with Gasteiger partial charge in [0.15, 0.2) is 6.54 Å². The third-order valence-electron chi connectivity index (χ3n) is 3.05. The van der Waals surface area contributed by atoms with E-state index in [0.29, 0.717) is 26.2 Å². The van der Waals surface area contributed by atoms with Crippen LogP contribution in [-0.2, 0) is 11.3 Å². The lowest BCUT2D eigenvalue weighted by Crippen LogP contribution is -3.11. The molecule has 0 radical (unpaired) electrons. The number of hydrogen-bond acceptors (Lipinski definition) is 3. The molecule has 1 unspecified atom stereocenters. The molecule has 1 aromatic heterocycles. The zero-order valence-corrected chi connectivity index (χ0v) is 12.6. The Labute approximate surface area is 126 Å². The molecule has 1 atom stereocenters. The zero-order valence-electron chi connectivity index (χ0n) is 11.0. The van der Waals surface area contributed by atoms with E-state index in [0.717, 1.165) is 14.1 Å². The van der Waals surface area contributed by atoms with Gasteiger partial charge in [0.1, 0.15) is 6.54 Å². The van der Waals surface area contributed by atoms with Crippen molar-refractivity contribution < 1.29 is 14.5 Å². The zero-order chi connectivity index (χ0) is 14.5. The first-order chi connectivity index (χ1) is 9.60. The Bertz CT molecular complexity index is 517. The monoisotopic (exact) mass is 314 g/mol. The van der Waals surface area contributed by atoms with Gasteiger partial charge in [0.2, 0.25) is 0 Å². The van der Waals surface area contributed by atoms with Gasteiger partial charge in [0.25, 0.3) is 5.91 Å². The fraction of sp³-hybridized carbons (Fsp3) is 0.385. The Balaban J connectivity index is 1.96. The summed E-state index contributed by atoms with van der Waals surface area (Å²) in [4.78, 5) is 27.0. The number of urea groups is 1. The lowest BCUT2D eigenvalue weighted by atomic mass is 10.3. The lowest BCUT2D eigenvalue weighted by molar-refractivity contribution is -0.899. The van der Waals surface area contributed by atoms with Crippen molar-refractivity contribution in [1.29, 1.82) is 0 Å². The van der Waals surface area contributed by atoms with Crippen LogP contribution in [0.1, 0.15) is 4.88 Å². The largest absolute Gasteiger partial charge is 0.336 e. The number of nitrogens with one attached hydrogen (secondary N) is 2. The minimum atomic E-state index is -0.299. The molecule has 1 aromatic rings. The average Bonchev–Trinajstić information content (AvgIpc) is 2.98. The van der Waals surface area contributed by atoms with Gasteiger partial charge in [-0.25, -0.2) is 4.79 Å². The van der Waals surface area contributed by atoms with Gasteiger partial charge in [0.05, 0.1) is 15.8 Å². The normalized spacial score (nSPS) is 16.1. The van der Waals surface area contributed by atoms with Crippen LogP contribution < -0.4 is 10.2 Å². The second-order valence-electron chi connectivity index (χ2n) is 4.58. The van der Waals surface area contributed by atoms with Crippen molar-refractivity contribution in [3.8, 4) is 0 Å². The summed E-state index contributed by atoms with van der Waals surface area (Å²) in [5, 5.41) is 2.63. The van der Waals surface area contributed by atoms with Crippen molar-refractivity contribution in [3.63, 3.8) is 0 Å². The van der Waals surface area contributed by atoms with E-state index >= 15 is 0 Å². The highest BCUT2D eigenvalue weighted by Gasteiger charge is 2.28. The molecule has 0 aromatic carbocycles. The van der Waals surface area contributed by atoms with Gasteiger partial charge in [0, 0.05) is 13.1 Å². The first-order valence-corrected chi connectivity index (χ1v) is 7.56. The first kappa shape index (κ1) is 15.0. The van der Waals surface area contributed by atoms with Gasteiger partial charge in [-0.1, -0.05) is 18.2 Å². The van der Waals surface area contributed by atoms with Crippen LogP contribution in [0.3, 0.4) is 0 Å². The molecule has 1 saturated heterocycles. The predicted octanol–water partition coefficient (Wildman–Crippen LogP) is 0.524. The summed E-state index contributed by atoms with van der Waals surface area (Å²) in [5.74, 6) is -0.153. The van der Waals surface area contributed by atoms with Crippen molar-refractivity contribution in [3.05, 3.63) is 34.0 Å². The van der Waals surface area contributed by atoms with E-state index in [-0.39, 0.29) is 18.5 Å². The van der Waals surface area contributed by atoms with E-state index < -0.39 is 0 Å². The van der Waals surface area contributed by atoms with Gasteiger partial charge >= 0.3 is 6.03 Å². The van der Waals surface area contributed by atoms with Crippen molar-refractivity contribution in [2.45, 2.75) is 6.54 Å². The third-order valence-corrected chi connectivity index (χ3v) is 4.28. The quantitative estimate of drug-likeness (QED) is 0.752. The van der Waals surface area contributed by atoms with Gasteiger partial charge in [-0.3, -0.25) is 9.69 Å². The van der Waals surface area contributed by atoms with E-state index in [1.807, 2.05) is 12.1 Å². The fourth-order valence-corrected chi connectivity index (χ4v) is 3.28. The number of nitrogens with zero attached hydrogens (tertiary/aromatic N) is 1. The van der Waals surface area contributed by atoms with Crippen molar-refractivity contribution in [1.82, 2.24) is 10.2 Å². The molecule has 2 heterocycles. The summed E-state index contributed by atoms with van der Waals surface area (Å²) in [7, 11) is 0. The van der Waals surface area contributed by atoms with Gasteiger partial charge in [-0.05, 0) is 18.2 Å². The fourth-order valence-electron chi connectivity index (χ4n) is 2.12. The number of rotatable bonds is 6. The maximum atomic E-state index is 12.1. The van der Waals surface area contributed by atoms with Crippen LogP contribution in [0.15, 0.2) is 24.8 Å². The van der Waals surface area contributed by atoms with Crippen LogP contribution >= 0.6 is 22.9 Å². The summed E-state index contributed by atoms with van der Waals surface area (Å²) in [5.41, 5.74) is 0. The molecule has 2 rings (SSSR count). The summed E-state index contributed by atoms with van der Waals surface area (Å²) < 4.78 is 0.739. The first-order valence-electron chi connectivity index (χ1n) is 6.37. The summed E-state index contributed by atoms with van der Waals surface area (Å²) >= 11 is 7.42. The number of imide groups is 1. The number of quaternary nitrogens is 1. The molecule has 7 heteroatoms. The molecule has 2 N–H and O–H groups in total. The minimum absolute atomic E-state index is 0.153. The highest BCUT2D eigenvalue weighted by molar-refractivity contribution is 7.16. The van der Waals surface area contributed by atoms with Crippen LogP contribution in [0, 0.1) is 0 Å². The Morgan fingerprint density at radius 1 is 1.60 bits per heavy atom. The van der Waals surface area contributed by atoms with E-state index in [1.165, 1.54) is 16.2 Å². The van der Waals surface area contributed by atoms with Crippen LogP contribution in [0.5, 0.6) is 0 Å². The molecule has 1 aliphatic heterocycles. The van der Waals surface area contributed by atoms with E-state index in [1.54, 1.807) is 6.08 Å². The van der Waals surface area contributed by atoms with Crippen LogP contribution in [0.2, 0.25) is 4.34 Å². The van der Waals surface area contributed by atoms with Gasteiger partial charge in [-0.15, -0.1) is 11.3 Å². The maximum absolute atomic E-state index is 12.1. The Morgan fingerprint density at radius 2 is 2.40 bits per heavy atom. The molecule has 0 saturated carbocycles. The third kappa shape index (κ3) is 3.82. The summed E-state index contributed by atoms with van der Waals surface area (Å²) in [6.07, 6.45) is 1.78. The van der Waals surface area contributed by atoms with Gasteiger partial charge < -0.3 is 10.2 Å². The van der Waals surface area contributed by atoms with Crippen molar-refractivity contribution in [2.75, 3.05) is 26.2 Å². The number of thiophene rings is 1. The maximum Gasteiger partial charge on any atom is 0.324 e. The van der Waals surface area contributed by atoms with Crippen molar-refractivity contribution in [2.24, 2.45) is 0 Å². The Hall–Kier alpha value is -1.37. The van der Waals surface area contributed by atoms with Gasteiger partial charge in [-0.2, -0.15) is 0 Å². The minimum Gasteiger partial charge on any atom is -0.336 e. The average molecular weight is 315 g/mol. The second kappa shape index (κ2) is 6.88. The topological polar surface area (TPSA) is 53.9 Å². The highest BCUT2D eigenvalue weighted by Crippen LogP contribution is 2.20. The number of hydrogen-bond donors (Lipinski definition) is 2. The number of carbonyl (C=O) groups excluding carboxylic acids is 2. The molecule has 108 valence electrons. The Morgan fingerprint density at radius 3 is 2.95 bits per heavy atom. The molecule has 0 bridgehead atoms. The molecule has 5 nitrogen and oxygen atoms in total. The predicted molar refractivity (Wildman–Crippen MR) is 79.0 cm³/mol. The van der Waals surface area contributed by atoms with E-state index in [2.05, 4.69) is 11.9 Å². The molecule has 1 fully saturated rings. The molecule has 3 amide bonds. The Kier molecular flexibility index (Phi) is 5.17. The number of amides is 3. The lowest BCUT2D eigenvalue weighted by Gasteiger charge is -2.19. The summed E-state index contributed by atoms with van der Waals surface area (Å²) in [6, 6.07) is 3.51. The van der Waals surface area contributed by atoms with Crippen LogP contribution in [0.25, 0.3) is 0 Å².